The van der Waals surface area contributed by atoms with Crippen molar-refractivity contribution in [2.45, 2.75) is 38.2 Å². The molecule has 18 heavy (non-hydrogen) atoms. The Morgan fingerprint density at radius 1 is 1.50 bits per heavy atom. The summed E-state index contributed by atoms with van der Waals surface area (Å²) in [6, 6.07) is -1.15. The molecular formula is C11H18F2N2O3. The average molecular weight is 264 g/mol. The van der Waals surface area contributed by atoms with E-state index in [9.17, 15) is 18.4 Å². The zero-order valence-corrected chi connectivity index (χ0v) is 10.5. The minimum Gasteiger partial charge on any atom is -0.449 e. The summed E-state index contributed by atoms with van der Waals surface area (Å²) in [4.78, 5) is 23.9. The summed E-state index contributed by atoms with van der Waals surface area (Å²) in [5.41, 5.74) is 0. The van der Waals surface area contributed by atoms with Gasteiger partial charge in [0.05, 0.1) is 13.2 Å². The molecule has 1 atom stereocenters. The van der Waals surface area contributed by atoms with Gasteiger partial charge in [0.15, 0.2) is 0 Å². The Balaban J connectivity index is 2.65. The monoisotopic (exact) mass is 264 g/mol. The minimum atomic E-state index is -3.04. The van der Waals surface area contributed by atoms with Crippen molar-refractivity contribution in [2.75, 3.05) is 20.2 Å². The summed E-state index contributed by atoms with van der Waals surface area (Å²) in [7, 11) is 1.35. The molecular weight excluding hydrogens is 246 g/mol. The molecule has 5 nitrogen and oxygen atoms in total. The molecule has 1 saturated heterocycles. The summed E-state index contributed by atoms with van der Waals surface area (Å²) in [6.07, 6.45) is -0.00686. The van der Waals surface area contributed by atoms with Gasteiger partial charge < -0.3 is 10.1 Å². The van der Waals surface area contributed by atoms with Crippen molar-refractivity contribution in [3.8, 4) is 0 Å². The van der Waals surface area contributed by atoms with E-state index in [0.29, 0.717) is 6.42 Å². The number of hydrogen-bond donors (Lipinski definition) is 1. The Morgan fingerprint density at radius 2 is 2.17 bits per heavy atom. The molecule has 7 heteroatoms. The number of rotatable bonds is 4. The molecule has 0 radical (unpaired) electrons. The summed E-state index contributed by atoms with van der Waals surface area (Å²) < 4.78 is 31.4. The highest BCUT2D eigenvalue weighted by atomic mass is 19.3. The first-order valence-electron chi connectivity index (χ1n) is 5.94. The number of unbranched alkanes of at least 4 members (excludes halogenated alkanes) is 1. The first-order chi connectivity index (χ1) is 8.41. The first kappa shape index (κ1) is 14.7. The highest BCUT2D eigenvalue weighted by Crippen LogP contribution is 2.32. The van der Waals surface area contributed by atoms with E-state index in [4.69, 9.17) is 4.74 Å². The molecule has 1 rings (SSSR count). The second kappa shape index (κ2) is 5.97. The molecule has 0 aromatic heterocycles. The fourth-order valence-electron chi connectivity index (χ4n) is 1.80. The van der Waals surface area contributed by atoms with E-state index < -0.39 is 36.9 Å². The fraction of sp³-hybridized carbons (Fsp3) is 0.818. The number of alkyl halides is 2. The molecule has 0 aliphatic carbocycles. The number of amides is 2. The van der Waals surface area contributed by atoms with Gasteiger partial charge >= 0.3 is 6.09 Å². The molecule has 1 aliphatic rings. The highest BCUT2D eigenvalue weighted by Gasteiger charge is 2.50. The molecule has 0 saturated carbocycles. The third-order valence-electron chi connectivity index (χ3n) is 2.78. The topological polar surface area (TPSA) is 58.6 Å². The van der Waals surface area contributed by atoms with Crippen LogP contribution in [0.3, 0.4) is 0 Å². The number of carbonyl (C=O) groups is 2. The Morgan fingerprint density at radius 3 is 2.72 bits per heavy atom. The predicted molar refractivity (Wildman–Crippen MR) is 60.4 cm³/mol. The number of halogens is 2. The predicted octanol–water partition coefficient (Wildman–Crippen LogP) is 1.38. The Hall–Kier alpha value is -1.40. The van der Waals surface area contributed by atoms with Gasteiger partial charge in [-0.3, -0.25) is 9.69 Å². The third kappa shape index (κ3) is 3.54. The maximum atomic E-state index is 13.3. The Labute approximate surface area is 104 Å². The van der Waals surface area contributed by atoms with E-state index in [1.807, 2.05) is 6.92 Å². The molecule has 1 fully saturated rings. The lowest BCUT2D eigenvalue weighted by Gasteiger charge is -2.21. The molecule has 0 spiro atoms. The molecule has 0 aromatic rings. The largest absolute Gasteiger partial charge is 0.449 e. The van der Waals surface area contributed by atoms with Gasteiger partial charge in [0.2, 0.25) is 5.91 Å². The Kier molecular flexibility index (Phi) is 4.86. The normalized spacial score (nSPS) is 21.8. The van der Waals surface area contributed by atoms with Gasteiger partial charge in [0.25, 0.3) is 5.92 Å². The summed E-state index contributed by atoms with van der Waals surface area (Å²) in [5.74, 6) is -3.64. The van der Waals surface area contributed by atoms with Crippen LogP contribution in [0.25, 0.3) is 0 Å². The highest BCUT2D eigenvalue weighted by molar-refractivity contribution is 5.86. The van der Waals surface area contributed by atoms with E-state index in [1.54, 1.807) is 0 Å². The molecule has 1 aliphatic heterocycles. The van der Waals surface area contributed by atoms with Gasteiger partial charge in [-0.2, -0.15) is 0 Å². The fourth-order valence-corrected chi connectivity index (χ4v) is 1.80. The number of likely N-dealkylation sites (N-methyl/N-ethyl adjacent to an activating group) is 1. The van der Waals surface area contributed by atoms with Gasteiger partial charge in [0.1, 0.15) is 6.04 Å². The van der Waals surface area contributed by atoms with Crippen LogP contribution in [0.2, 0.25) is 0 Å². The molecule has 1 heterocycles. The van der Waals surface area contributed by atoms with E-state index >= 15 is 0 Å². The van der Waals surface area contributed by atoms with Crippen molar-refractivity contribution in [3.63, 3.8) is 0 Å². The van der Waals surface area contributed by atoms with Crippen LogP contribution in [0.1, 0.15) is 26.2 Å². The number of hydrogen-bond acceptors (Lipinski definition) is 3. The lowest BCUT2D eigenvalue weighted by Crippen LogP contribution is -2.45. The second-order valence-electron chi connectivity index (χ2n) is 4.29. The van der Waals surface area contributed by atoms with Crippen molar-refractivity contribution < 1.29 is 23.1 Å². The van der Waals surface area contributed by atoms with Gasteiger partial charge in [-0.05, 0) is 6.42 Å². The number of carbonyl (C=O) groups excluding carboxylic acids is 2. The van der Waals surface area contributed by atoms with Crippen LogP contribution < -0.4 is 5.32 Å². The summed E-state index contributed by atoms with van der Waals surface area (Å²) in [6.45, 7) is 1.33. The zero-order valence-electron chi connectivity index (χ0n) is 10.5. The third-order valence-corrected chi connectivity index (χ3v) is 2.78. The smallest absolute Gasteiger partial charge is 0.410 e. The molecule has 1 N–H and O–H groups in total. The zero-order chi connectivity index (χ0) is 13.8. The van der Waals surface area contributed by atoms with E-state index in [1.165, 1.54) is 7.05 Å². The Bertz CT molecular complexity index is 323. The quantitative estimate of drug-likeness (QED) is 0.780. The molecule has 1 unspecified atom stereocenters. The second-order valence-corrected chi connectivity index (χ2v) is 4.29. The van der Waals surface area contributed by atoms with E-state index in [2.05, 4.69) is 5.32 Å². The molecule has 0 bridgehead atoms. The summed E-state index contributed by atoms with van der Waals surface area (Å²) >= 11 is 0. The van der Waals surface area contributed by atoms with Gasteiger partial charge in [0, 0.05) is 13.5 Å². The minimum absolute atomic E-state index is 0.178. The number of nitrogens with zero attached hydrogens (tertiary/aromatic N) is 1. The SMILES string of the molecule is CCCCOC(=O)N1CC(F)(F)CC1C(=O)NC. The lowest BCUT2D eigenvalue weighted by atomic mass is 10.2. The van der Waals surface area contributed by atoms with Crippen LogP contribution in [0, 0.1) is 0 Å². The van der Waals surface area contributed by atoms with Gasteiger partial charge in [-0.1, -0.05) is 13.3 Å². The van der Waals surface area contributed by atoms with Gasteiger partial charge in [-0.15, -0.1) is 0 Å². The van der Waals surface area contributed by atoms with Crippen LogP contribution in [0.5, 0.6) is 0 Å². The lowest BCUT2D eigenvalue weighted by molar-refractivity contribution is -0.124. The van der Waals surface area contributed by atoms with Gasteiger partial charge in [-0.25, -0.2) is 13.6 Å². The first-order valence-corrected chi connectivity index (χ1v) is 5.94. The van der Waals surface area contributed by atoms with Crippen molar-refractivity contribution in [1.29, 1.82) is 0 Å². The van der Waals surface area contributed by atoms with Crippen molar-refractivity contribution in [2.24, 2.45) is 0 Å². The van der Waals surface area contributed by atoms with Crippen LogP contribution in [0.15, 0.2) is 0 Å². The van der Waals surface area contributed by atoms with E-state index in [0.717, 1.165) is 11.3 Å². The van der Waals surface area contributed by atoms with Crippen LogP contribution in [-0.4, -0.2) is 49.1 Å². The summed E-state index contributed by atoms with van der Waals surface area (Å²) in [5, 5.41) is 2.28. The maximum Gasteiger partial charge on any atom is 0.410 e. The molecule has 2 amide bonds. The maximum absolute atomic E-state index is 13.3. The average Bonchev–Trinajstić information content (AvgIpc) is 2.64. The van der Waals surface area contributed by atoms with Crippen LogP contribution >= 0.6 is 0 Å². The number of likely N-dealkylation sites (tertiary alicyclic amines) is 1. The molecule has 104 valence electrons. The van der Waals surface area contributed by atoms with Crippen molar-refractivity contribution in [1.82, 2.24) is 10.2 Å². The van der Waals surface area contributed by atoms with Crippen LogP contribution in [-0.2, 0) is 9.53 Å². The number of ether oxygens (including phenoxy) is 1. The standard InChI is InChI=1S/C11H18F2N2O3/c1-3-4-5-18-10(17)15-7-11(12,13)6-8(15)9(16)14-2/h8H,3-7H2,1-2H3,(H,14,16). The van der Waals surface area contributed by atoms with Crippen molar-refractivity contribution in [3.05, 3.63) is 0 Å². The molecule has 0 aromatic carbocycles. The van der Waals surface area contributed by atoms with Crippen molar-refractivity contribution >= 4 is 12.0 Å². The number of nitrogens with one attached hydrogen (secondary N) is 1. The van der Waals surface area contributed by atoms with Crippen LogP contribution in [0.4, 0.5) is 13.6 Å². The van der Waals surface area contributed by atoms with E-state index in [-0.39, 0.29) is 6.61 Å².